The van der Waals surface area contributed by atoms with Crippen molar-refractivity contribution in [2.45, 2.75) is 20.4 Å². The second-order valence-corrected chi connectivity index (χ2v) is 4.95. The van der Waals surface area contributed by atoms with Gasteiger partial charge in [0.05, 0.1) is 11.9 Å². The second-order valence-electron chi connectivity index (χ2n) is 4.14. The van der Waals surface area contributed by atoms with Gasteiger partial charge in [0, 0.05) is 6.54 Å². The minimum atomic E-state index is 0.824. The third kappa shape index (κ3) is 3.30. The third-order valence-corrected chi connectivity index (χ3v) is 3.26. The Morgan fingerprint density at radius 2 is 1.94 bits per heavy atom. The van der Waals surface area contributed by atoms with Crippen LogP contribution in [0.3, 0.4) is 0 Å². The fourth-order valence-electron chi connectivity index (χ4n) is 1.60. The smallest absolute Gasteiger partial charge is 0.106 e. The Labute approximate surface area is 110 Å². The lowest BCUT2D eigenvalue weighted by molar-refractivity contribution is 1.12. The molecule has 0 atom stereocenters. The zero-order valence-electron chi connectivity index (χ0n) is 10.00. The van der Waals surface area contributed by atoms with Crippen molar-refractivity contribution < 1.29 is 0 Å². The van der Waals surface area contributed by atoms with E-state index in [2.05, 4.69) is 58.3 Å². The molecule has 1 heterocycles. The molecule has 0 fully saturated rings. The molecule has 1 aromatic carbocycles. The number of nitrogens with zero attached hydrogens (tertiary/aromatic N) is 1. The maximum Gasteiger partial charge on any atom is 0.106 e. The number of hydrogen-bond acceptors (Lipinski definition) is 2. The van der Waals surface area contributed by atoms with Crippen LogP contribution in [0.5, 0.6) is 0 Å². The van der Waals surface area contributed by atoms with E-state index < -0.39 is 0 Å². The molecule has 1 N–H and O–H groups in total. The Morgan fingerprint density at radius 3 is 2.59 bits per heavy atom. The third-order valence-electron chi connectivity index (χ3n) is 2.80. The van der Waals surface area contributed by atoms with Crippen molar-refractivity contribution in [3.8, 4) is 0 Å². The SMILES string of the molecule is Cc1ccc(CNc2ccc(Br)nc2)cc1C. The average Bonchev–Trinajstić information content (AvgIpc) is 2.33. The Hall–Kier alpha value is -1.35. The van der Waals surface area contributed by atoms with Gasteiger partial charge >= 0.3 is 0 Å². The molecule has 0 aliphatic carbocycles. The number of hydrogen-bond donors (Lipinski definition) is 1. The van der Waals surface area contributed by atoms with Crippen LogP contribution in [0.4, 0.5) is 5.69 Å². The molecule has 88 valence electrons. The largest absolute Gasteiger partial charge is 0.380 e. The first kappa shape index (κ1) is 12.1. The van der Waals surface area contributed by atoms with Crippen molar-refractivity contribution in [2.24, 2.45) is 0 Å². The lowest BCUT2D eigenvalue weighted by atomic mass is 10.1. The zero-order chi connectivity index (χ0) is 12.3. The van der Waals surface area contributed by atoms with Crippen molar-refractivity contribution in [1.82, 2.24) is 4.98 Å². The summed E-state index contributed by atoms with van der Waals surface area (Å²) in [5.74, 6) is 0. The van der Waals surface area contributed by atoms with Crippen molar-refractivity contribution in [3.63, 3.8) is 0 Å². The van der Waals surface area contributed by atoms with E-state index in [0.717, 1.165) is 16.8 Å². The Balaban J connectivity index is 2.02. The standard InChI is InChI=1S/C14H15BrN2/c1-10-3-4-12(7-11(10)2)8-16-13-5-6-14(15)17-9-13/h3-7,9,16H,8H2,1-2H3. The van der Waals surface area contributed by atoms with Crippen LogP contribution < -0.4 is 5.32 Å². The maximum absolute atomic E-state index is 4.18. The van der Waals surface area contributed by atoms with Gasteiger partial charge in [0.15, 0.2) is 0 Å². The fraction of sp³-hybridized carbons (Fsp3) is 0.214. The number of rotatable bonds is 3. The minimum Gasteiger partial charge on any atom is -0.380 e. The minimum absolute atomic E-state index is 0.824. The number of anilines is 1. The average molecular weight is 291 g/mol. The molecule has 0 radical (unpaired) electrons. The van der Waals surface area contributed by atoms with E-state index in [1.807, 2.05) is 18.3 Å². The molecule has 0 saturated carbocycles. The molecule has 0 aliphatic heterocycles. The molecule has 2 aromatic rings. The summed E-state index contributed by atoms with van der Waals surface area (Å²) in [7, 11) is 0. The predicted molar refractivity (Wildman–Crippen MR) is 75.2 cm³/mol. The van der Waals surface area contributed by atoms with Crippen LogP contribution in [0.2, 0.25) is 0 Å². The first-order valence-corrected chi connectivity index (χ1v) is 6.36. The Morgan fingerprint density at radius 1 is 1.12 bits per heavy atom. The van der Waals surface area contributed by atoms with Crippen LogP contribution in [0.1, 0.15) is 16.7 Å². The highest BCUT2D eigenvalue weighted by Gasteiger charge is 1.97. The van der Waals surface area contributed by atoms with Gasteiger partial charge in [-0.1, -0.05) is 18.2 Å². The lowest BCUT2D eigenvalue weighted by Gasteiger charge is -2.08. The quantitative estimate of drug-likeness (QED) is 0.862. The number of nitrogens with one attached hydrogen (secondary N) is 1. The highest BCUT2D eigenvalue weighted by Crippen LogP contribution is 2.14. The number of pyridine rings is 1. The Bertz CT molecular complexity index is 506. The number of aryl methyl sites for hydroxylation is 2. The normalized spacial score (nSPS) is 10.3. The molecule has 0 amide bonds. The molecule has 1 aromatic heterocycles. The summed E-state index contributed by atoms with van der Waals surface area (Å²) in [6.45, 7) is 5.09. The number of halogens is 1. The van der Waals surface area contributed by atoms with Crippen LogP contribution in [0.15, 0.2) is 41.1 Å². The summed E-state index contributed by atoms with van der Waals surface area (Å²) in [4.78, 5) is 4.18. The molecular weight excluding hydrogens is 276 g/mol. The van der Waals surface area contributed by atoms with Gasteiger partial charge in [-0.15, -0.1) is 0 Å². The molecule has 0 saturated heterocycles. The fourth-order valence-corrected chi connectivity index (χ4v) is 1.83. The summed E-state index contributed by atoms with van der Waals surface area (Å²) in [6, 6.07) is 10.5. The highest BCUT2D eigenvalue weighted by atomic mass is 79.9. The summed E-state index contributed by atoms with van der Waals surface area (Å²) in [5, 5.41) is 3.35. The van der Waals surface area contributed by atoms with Gasteiger partial charge in [0.25, 0.3) is 0 Å². The number of benzene rings is 1. The van der Waals surface area contributed by atoms with Crippen molar-refractivity contribution in [1.29, 1.82) is 0 Å². The van der Waals surface area contributed by atoms with Crippen molar-refractivity contribution in [3.05, 3.63) is 57.8 Å². The summed E-state index contributed by atoms with van der Waals surface area (Å²) in [6.07, 6.45) is 1.82. The van der Waals surface area contributed by atoms with Gasteiger partial charge in [-0.3, -0.25) is 0 Å². The van der Waals surface area contributed by atoms with Crippen LogP contribution >= 0.6 is 15.9 Å². The van der Waals surface area contributed by atoms with E-state index in [-0.39, 0.29) is 0 Å². The van der Waals surface area contributed by atoms with E-state index in [1.54, 1.807) is 0 Å². The first-order valence-electron chi connectivity index (χ1n) is 5.57. The maximum atomic E-state index is 4.18. The first-order chi connectivity index (χ1) is 8.15. The number of aromatic nitrogens is 1. The molecule has 17 heavy (non-hydrogen) atoms. The monoisotopic (exact) mass is 290 g/mol. The summed E-state index contributed by atoms with van der Waals surface area (Å²) >= 11 is 3.32. The molecular formula is C14H15BrN2. The van der Waals surface area contributed by atoms with Gasteiger partial charge in [-0.25, -0.2) is 4.98 Å². The highest BCUT2D eigenvalue weighted by molar-refractivity contribution is 9.10. The van der Waals surface area contributed by atoms with E-state index in [0.29, 0.717) is 0 Å². The van der Waals surface area contributed by atoms with Crippen LogP contribution in [0.25, 0.3) is 0 Å². The van der Waals surface area contributed by atoms with E-state index in [1.165, 1.54) is 16.7 Å². The summed E-state index contributed by atoms with van der Waals surface area (Å²) in [5.41, 5.74) is 4.99. The topological polar surface area (TPSA) is 24.9 Å². The van der Waals surface area contributed by atoms with Gasteiger partial charge in [0.2, 0.25) is 0 Å². The lowest BCUT2D eigenvalue weighted by Crippen LogP contribution is -2.00. The van der Waals surface area contributed by atoms with Crippen LogP contribution in [-0.2, 0) is 6.54 Å². The zero-order valence-corrected chi connectivity index (χ0v) is 11.6. The van der Waals surface area contributed by atoms with Gasteiger partial charge in [-0.05, 0) is 58.6 Å². The molecule has 3 heteroatoms. The van der Waals surface area contributed by atoms with Crippen molar-refractivity contribution >= 4 is 21.6 Å². The van der Waals surface area contributed by atoms with E-state index in [4.69, 9.17) is 0 Å². The molecule has 0 aliphatic rings. The van der Waals surface area contributed by atoms with Gasteiger partial charge in [-0.2, -0.15) is 0 Å². The second kappa shape index (κ2) is 5.32. The molecule has 0 bridgehead atoms. The van der Waals surface area contributed by atoms with E-state index in [9.17, 15) is 0 Å². The Kier molecular flexibility index (Phi) is 3.79. The van der Waals surface area contributed by atoms with Gasteiger partial charge < -0.3 is 5.32 Å². The van der Waals surface area contributed by atoms with Crippen LogP contribution in [0, 0.1) is 13.8 Å². The van der Waals surface area contributed by atoms with Crippen molar-refractivity contribution in [2.75, 3.05) is 5.32 Å². The predicted octanol–water partition coefficient (Wildman–Crippen LogP) is 4.07. The van der Waals surface area contributed by atoms with E-state index >= 15 is 0 Å². The molecule has 2 rings (SSSR count). The van der Waals surface area contributed by atoms with Gasteiger partial charge in [0.1, 0.15) is 4.60 Å². The molecule has 0 spiro atoms. The summed E-state index contributed by atoms with van der Waals surface area (Å²) < 4.78 is 0.856. The molecule has 0 unspecified atom stereocenters. The molecule has 2 nitrogen and oxygen atoms in total. The van der Waals surface area contributed by atoms with Crippen LogP contribution in [-0.4, -0.2) is 4.98 Å².